The number of nitrogens with one attached hydrogen (secondary N) is 1. The van der Waals surface area contributed by atoms with E-state index in [4.69, 9.17) is 14.1 Å². The number of morpholine rings is 1. The summed E-state index contributed by atoms with van der Waals surface area (Å²) in [6.07, 6.45) is 7.29. The van der Waals surface area contributed by atoms with Crippen molar-refractivity contribution in [3.05, 3.63) is 23.1 Å². The van der Waals surface area contributed by atoms with Crippen LogP contribution in [0, 0.1) is 5.92 Å². The zero-order valence-electron chi connectivity index (χ0n) is 18.0. The molecule has 7 heteroatoms. The van der Waals surface area contributed by atoms with Gasteiger partial charge in [0.25, 0.3) is 0 Å². The Balaban J connectivity index is 1.50. The maximum atomic E-state index is 6.28. The van der Waals surface area contributed by atoms with Gasteiger partial charge in [-0.3, -0.25) is 4.90 Å². The van der Waals surface area contributed by atoms with E-state index in [1.54, 1.807) is 6.33 Å². The van der Waals surface area contributed by atoms with Crippen LogP contribution >= 0.6 is 0 Å². The van der Waals surface area contributed by atoms with E-state index in [0.29, 0.717) is 5.92 Å². The van der Waals surface area contributed by atoms with Crippen LogP contribution in [0.5, 0.6) is 0 Å². The molecule has 0 bridgehead atoms. The van der Waals surface area contributed by atoms with Gasteiger partial charge in [0.05, 0.1) is 18.6 Å². The number of hydrogen-bond donors (Lipinski definition) is 1. The van der Waals surface area contributed by atoms with Crippen molar-refractivity contribution in [1.29, 1.82) is 0 Å². The minimum absolute atomic E-state index is 0.572. The van der Waals surface area contributed by atoms with Crippen LogP contribution in [0.2, 0.25) is 0 Å². The van der Waals surface area contributed by atoms with Crippen molar-refractivity contribution in [3.8, 4) is 0 Å². The fourth-order valence-corrected chi connectivity index (χ4v) is 4.78. The number of ether oxygens (including phenoxy) is 1. The first kappa shape index (κ1) is 19.7. The van der Waals surface area contributed by atoms with E-state index in [2.05, 4.69) is 34.0 Å². The third kappa shape index (κ3) is 3.76. The first-order valence-corrected chi connectivity index (χ1v) is 11.3. The molecule has 0 spiro atoms. The van der Waals surface area contributed by atoms with Crippen molar-refractivity contribution in [2.24, 2.45) is 5.92 Å². The number of rotatable bonds is 6. The molecule has 0 radical (unpaired) electrons. The third-order valence-corrected chi connectivity index (χ3v) is 6.23. The van der Waals surface area contributed by atoms with Gasteiger partial charge >= 0.3 is 0 Å². The van der Waals surface area contributed by atoms with Crippen LogP contribution in [-0.2, 0) is 24.0 Å². The van der Waals surface area contributed by atoms with E-state index in [9.17, 15) is 0 Å². The molecule has 0 amide bonds. The normalized spacial score (nSPS) is 17.7. The summed E-state index contributed by atoms with van der Waals surface area (Å²) in [5, 5.41) is 4.57. The summed E-state index contributed by atoms with van der Waals surface area (Å²) >= 11 is 0. The van der Waals surface area contributed by atoms with E-state index in [1.165, 1.54) is 29.7 Å². The second-order valence-corrected chi connectivity index (χ2v) is 8.88. The van der Waals surface area contributed by atoms with Gasteiger partial charge in [-0.15, -0.1) is 0 Å². The number of aromatic nitrogens is 3. The predicted molar refractivity (Wildman–Crippen MR) is 118 cm³/mol. The number of fused-ring (bicyclic) bond motifs is 5. The summed E-state index contributed by atoms with van der Waals surface area (Å²) in [7, 11) is 0. The average Bonchev–Trinajstić information content (AvgIpc) is 3.14. The lowest BCUT2D eigenvalue weighted by Crippen LogP contribution is -2.39. The molecule has 1 fully saturated rings. The Morgan fingerprint density at radius 1 is 1.10 bits per heavy atom. The highest BCUT2D eigenvalue weighted by molar-refractivity contribution is 6.06. The van der Waals surface area contributed by atoms with Crippen molar-refractivity contribution in [1.82, 2.24) is 19.9 Å². The van der Waals surface area contributed by atoms with Crippen LogP contribution in [0.3, 0.4) is 0 Å². The summed E-state index contributed by atoms with van der Waals surface area (Å²) in [5.41, 5.74) is 6.40. The highest BCUT2D eigenvalue weighted by Crippen LogP contribution is 2.37. The van der Waals surface area contributed by atoms with Crippen LogP contribution < -0.4 is 5.32 Å². The van der Waals surface area contributed by atoms with Crippen LogP contribution in [0.1, 0.15) is 43.5 Å². The summed E-state index contributed by atoms with van der Waals surface area (Å²) in [6.45, 7) is 9.88. The molecule has 0 unspecified atom stereocenters. The van der Waals surface area contributed by atoms with Crippen LogP contribution in [-0.4, -0.2) is 59.2 Å². The SMILES string of the molecule is CC(C)Cc1nc2oc3c(NCCN4CCOCC4)ncnc3c2c2c1CCCC2. The highest BCUT2D eigenvalue weighted by atomic mass is 16.5. The molecule has 1 aliphatic carbocycles. The van der Waals surface area contributed by atoms with E-state index < -0.39 is 0 Å². The Morgan fingerprint density at radius 2 is 1.90 bits per heavy atom. The highest BCUT2D eigenvalue weighted by Gasteiger charge is 2.24. The van der Waals surface area contributed by atoms with Gasteiger partial charge in [0.1, 0.15) is 11.8 Å². The maximum absolute atomic E-state index is 6.28. The van der Waals surface area contributed by atoms with Crippen molar-refractivity contribution in [3.63, 3.8) is 0 Å². The Bertz CT molecular complexity index is 1040. The Labute approximate surface area is 177 Å². The standard InChI is InChI=1S/C23H31N5O2/c1-15(2)13-18-16-5-3-4-6-17(16)19-20-21(30-23(19)27-18)22(26-14-25-20)24-7-8-28-9-11-29-12-10-28/h14-15H,3-13H2,1-2H3,(H,24,25,26). The van der Waals surface area contributed by atoms with Crippen molar-refractivity contribution in [2.45, 2.75) is 46.0 Å². The van der Waals surface area contributed by atoms with Gasteiger partial charge in [0.15, 0.2) is 11.4 Å². The smallest absolute Gasteiger partial charge is 0.229 e. The second-order valence-electron chi connectivity index (χ2n) is 8.88. The minimum atomic E-state index is 0.572. The van der Waals surface area contributed by atoms with E-state index in [1.807, 2.05) is 0 Å². The average molecular weight is 410 g/mol. The summed E-state index contributed by atoms with van der Waals surface area (Å²) in [6, 6.07) is 0. The summed E-state index contributed by atoms with van der Waals surface area (Å²) in [5.74, 6) is 1.34. The number of hydrogen-bond acceptors (Lipinski definition) is 7. The van der Waals surface area contributed by atoms with E-state index >= 15 is 0 Å². The van der Waals surface area contributed by atoms with Crippen LogP contribution in [0.4, 0.5) is 5.82 Å². The Hall–Kier alpha value is -2.25. The Kier molecular flexibility index (Phi) is 5.56. The van der Waals surface area contributed by atoms with Gasteiger partial charge < -0.3 is 14.5 Å². The van der Waals surface area contributed by atoms with Gasteiger partial charge in [-0.05, 0) is 49.1 Å². The summed E-state index contributed by atoms with van der Waals surface area (Å²) in [4.78, 5) is 16.5. The van der Waals surface area contributed by atoms with Gasteiger partial charge in [0.2, 0.25) is 5.71 Å². The molecular weight excluding hydrogens is 378 g/mol. The molecule has 4 heterocycles. The second kappa shape index (κ2) is 8.47. The molecule has 1 saturated heterocycles. The lowest BCUT2D eigenvalue weighted by atomic mass is 9.87. The largest absolute Gasteiger partial charge is 0.432 e. The van der Waals surface area contributed by atoms with Crippen molar-refractivity contribution < 1.29 is 9.15 Å². The van der Waals surface area contributed by atoms with E-state index in [0.717, 1.165) is 86.7 Å². The molecule has 3 aromatic heterocycles. The molecule has 30 heavy (non-hydrogen) atoms. The quantitative estimate of drug-likeness (QED) is 0.667. The molecule has 0 saturated carbocycles. The minimum Gasteiger partial charge on any atom is -0.432 e. The first-order valence-electron chi connectivity index (χ1n) is 11.3. The number of furan rings is 1. The number of aryl methyl sites for hydroxylation is 1. The molecule has 0 atom stereocenters. The zero-order valence-corrected chi connectivity index (χ0v) is 18.0. The number of nitrogens with zero attached hydrogens (tertiary/aromatic N) is 4. The molecular formula is C23H31N5O2. The lowest BCUT2D eigenvalue weighted by Gasteiger charge is -2.26. The molecule has 160 valence electrons. The van der Waals surface area contributed by atoms with Gasteiger partial charge in [-0.2, -0.15) is 0 Å². The molecule has 2 aliphatic rings. The molecule has 0 aromatic carbocycles. The monoisotopic (exact) mass is 409 g/mol. The predicted octanol–water partition coefficient (Wildman–Crippen LogP) is 3.59. The molecule has 5 rings (SSSR count). The fraction of sp³-hybridized carbons (Fsp3) is 0.609. The van der Waals surface area contributed by atoms with Crippen LogP contribution in [0.25, 0.3) is 22.2 Å². The number of anilines is 1. The zero-order chi connectivity index (χ0) is 20.5. The van der Waals surface area contributed by atoms with Gasteiger partial charge in [0, 0.05) is 31.9 Å². The fourth-order valence-electron chi connectivity index (χ4n) is 4.78. The van der Waals surface area contributed by atoms with Gasteiger partial charge in [-0.25, -0.2) is 15.0 Å². The van der Waals surface area contributed by atoms with Crippen molar-refractivity contribution >= 4 is 28.0 Å². The van der Waals surface area contributed by atoms with Gasteiger partial charge in [-0.1, -0.05) is 13.8 Å². The van der Waals surface area contributed by atoms with Crippen molar-refractivity contribution in [2.75, 3.05) is 44.7 Å². The molecule has 7 nitrogen and oxygen atoms in total. The topological polar surface area (TPSA) is 76.3 Å². The Morgan fingerprint density at radius 3 is 2.70 bits per heavy atom. The first-order chi connectivity index (χ1) is 14.7. The molecule has 3 aromatic rings. The van der Waals surface area contributed by atoms with Crippen LogP contribution in [0.15, 0.2) is 10.7 Å². The van der Waals surface area contributed by atoms with E-state index in [-0.39, 0.29) is 0 Å². The lowest BCUT2D eigenvalue weighted by molar-refractivity contribution is 0.0398. The molecule has 1 aliphatic heterocycles. The number of pyridine rings is 1. The molecule has 1 N–H and O–H groups in total. The maximum Gasteiger partial charge on any atom is 0.229 e. The third-order valence-electron chi connectivity index (χ3n) is 6.23. The summed E-state index contributed by atoms with van der Waals surface area (Å²) < 4.78 is 11.7.